The molecule has 0 saturated heterocycles. The van der Waals surface area contributed by atoms with Crippen molar-refractivity contribution in [3.8, 4) is 0 Å². The van der Waals surface area contributed by atoms with Crippen molar-refractivity contribution in [2.75, 3.05) is 0 Å². The lowest BCUT2D eigenvalue weighted by Crippen LogP contribution is -2.52. The molecule has 0 aliphatic heterocycles. The van der Waals surface area contributed by atoms with Crippen LogP contribution in [0.25, 0.3) is 0 Å². The van der Waals surface area contributed by atoms with Gasteiger partial charge in [0.25, 0.3) is 0 Å². The summed E-state index contributed by atoms with van der Waals surface area (Å²) in [5.41, 5.74) is 0.479. The van der Waals surface area contributed by atoms with Gasteiger partial charge in [0.1, 0.15) is 23.7 Å². The number of aliphatic carboxylic acids is 1. The highest BCUT2D eigenvalue weighted by atomic mass is 19.1. The number of hydrogen-bond acceptors (Lipinski definition) is 4. The Balaban J connectivity index is 2.83. The van der Waals surface area contributed by atoms with Crippen LogP contribution in [0.3, 0.4) is 0 Å². The van der Waals surface area contributed by atoms with Gasteiger partial charge in [0.15, 0.2) is 0 Å². The number of ketones is 1. The van der Waals surface area contributed by atoms with E-state index in [1.165, 1.54) is 25.1 Å². The van der Waals surface area contributed by atoms with Crippen LogP contribution < -0.4 is 10.6 Å². The molecule has 0 spiro atoms. The number of Topliss-reactive ketones (excluding diaryl/α,β-unsaturated/α-hetero) is 1. The molecule has 7 nitrogen and oxygen atoms in total. The highest BCUT2D eigenvalue weighted by molar-refractivity contribution is 5.90. The Bertz CT molecular complexity index is 677. The van der Waals surface area contributed by atoms with E-state index in [9.17, 15) is 28.7 Å². The van der Waals surface area contributed by atoms with Gasteiger partial charge in [0.2, 0.25) is 11.8 Å². The van der Waals surface area contributed by atoms with Crippen LogP contribution in [0.15, 0.2) is 24.3 Å². The second-order valence-corrected chi connectivity index (χ2v) is 5.92. The van der Waals surface area contributed by atoms with Crippen molar-refractivity contribution in [1.82, 2.24) is 10.6 Å². The van der Waals surface area contributed by atoms with Gasteiger partial charge in [-0.2, -0.15) is 0 Å². The van der Waals surface area contributed by atoms with Crippen LogP contribution in [-0.4, -0.2) is 40.8 Å². The summed E-state index contributed by atoms with van der Waals surface area (Å²) in [6, 6.07) is 3.25. The summed E-state index contributed by atoms with van der Waals surface area (Å²) in [4.78, 5) is 46.5. The van der Waals surface area contributed by atoms with Gasteiger partial charge in [0, 0.05) is 26.2 Å². The molecule has 2 amide bonds. The second kappa shape index (κ2) is 10.3. The van der Waals surface area contributed by atoms with Crippen molar-refractivity contribution in [2.45, 2.75) is 51.6 Å². The Labute approximate surface area is 151 Å². The van der Waals surface area contributed by atoms with E-state index in [1.54, 1.807) is 13.0 Å². The maximum atomic E-state index is 13.3. The lowest BCUT2D eigenvalue weighted by atomic mass is 10.0. The van der Waals surface area contributed by atoms with E-state index in [2.05, 4.69) is 10.6 Å². The monoisotopic (exact) mass is 366 g/mol. The molecule has 0 aromatic heterocycles. The standard InChI is InChI=1S/C18H23FN2O5/c1-3-14(23)7-8-15(18(25)26)21-17(24)16(20-11(2)22)10-12-5-4-6-13(19)9-12/h4-6,9,15-16H,3,7-8,10H2,1-2H3,(H,20,22)(H,21,24)(H,25,26)/t15-,16+/m1/s1. The minimum Gasteiger partial charge on any atom is -0.480 e. The molecule has 142 valence electrons. The van der Waals surface area contributed by atoms with Crippen molar-refractivity contribution in [3.63, 3.8) is 0 Å². The number of rotatable bonds is 10. The first kappa shape index (κ1) is 21.3. The molecule has 1 rings (SSSR count). The van der Waals surface area contributed by atoms with Crippen LogP contribution in [0.2, 0.25) is 0 Å². The zero-order chi connectivity index (χ0) is 19.7. The van der Waals surface area contributed by atoms with Crippen LogP contribution >= 0.6 is 0 Å². The Kier molecular flexibility index (Phi) is 8.41. The van der Waals surface area contributed by atoms with Crippen LogP contribution in [-0.2, 0) is 25.6 Å². The number of halogens is 1. The van der Waals surface area contributed by atoms with Crippen molar-refractivity contribution in [3.05, 3.63) is 35.6 Å². The molecule has 0 fully saturated rings. The predicted molar refractivity (Wildman–Crippen MR) is 91.8 cm³/mol. The van der Waals surface area contributed by atoms with Gasteiger partial charge in [-0.3, -0.25) is 14.4 Å². The van der Waals surface area contributed by atoms with Crippen molar-refractivity contribution >= 4 is 23.6 Å². The van der Waals surface area contributed by atoms with Gasteiger partial charge in [-0.1, -0.05) is 19.1 Å². The largest absolute Gasteiger partial charge is 0.480 e. The number of carbonyl (C=O) groups excluding carboxylic acids is 3. The fraction of sp³-hybridized carbons (Fsp3) is 0.444. The molecular weight excluding hydrogens is 343 g/mol. The van der Waals surface area contributed by atoms with E-state index in [-0.39, 0.29) is 31.5 Å². The zero-order valence-corrected chi connectivity index (χ0v) is 14.8. The quantitative estimate of drug-likeness (QED) is 0.576. The third kappa shape index (κ3) is 7.42. The summed E-state index contributed by atoms with van der Waals surface area (Å²) >= 11 is 0. The normalized spacial score (nSPS) is 12.7. The van der Waals surface area contributed by atoms with Gasteiger partial charge in [-0.05, 0) is 24.1 Å². The number of carboxylic acids is 1. The molecule has 26 heavy (non-hydrogen) atoms. The minimum absolute atomic E-state index is 0.00338. The van der Waals surface area contributed by atoms with Crippen LogP contribution in [0.5, 0.6) is 0 Å². The first-order chi connectivity index (χ1) is 12.2. The van der Waals surface area contributed by atoms with E-state index in [0.29, 0.717) is 5.56 Å². The summed E-state index contributed by atoms with van der Waals surface area (Å²) in [5, 5.41) is 14.0. The van der Waals surface area contributed by atoms with E-state index in [4.69, 9.17) is 0 Å². The minimum atomic E-state index is -1.27. The molecule has 0 aliphatic carbocycles. The van der Waals surface area contributed by atoms with Crippen molar-refractivity contribution in [2.24, 2.45) is 0 Å². The molecule has 0 heterocycles. The molecular formula is C18H23FN2O5. The van der Waals surface area contributed by atoms with E-state index in [1.807, 2.05) is 0 Å². The van der Waals surface area contributed by atoms with Crippen LogP contribution in [0.1, 0.15) is 38.7 Å². The SMILES string of the molecule is CCC(=O)CC[C@@H](NC(=O)[C@H](Cc1cccc(F)c1)NC(C)=O)C(=O)O. The number of benzene rings is 1. The summed E-state index contributed by atoms with van der Waals surface area (Å²) in [6.07, 6.45) is 0.278. The average molecular weight is 366 g/mol. The third-order valence-corrected chi connectivity index (χ3v) is 3.74. The Hall–Kier alpha value is -2.77. The number of amides is 2. The maximum Gasteiger partial charge on any atom is 0.326 e. The van der Waals surface area contributed by atoms with E-state index >= 15 is 0 Å². The molecule has 0 unspecified atom stereocenters. The topological polar surface area (TPSA) is 113 Å². The molecule has 2 atom stereocenters. The fourth-order valence-electron chi connectivity index (χ4n) is 2.37. The molecule has 1 aromatic rings. The Morgan fingerprint density at radius 3 is 2.38 bits per heavy atom. The smallest absolute Gasteiger partial charge is 0.326 e. The second-order valence-electron chi connectivity index (χ2n) is 5.92. The molecule has 0 aliphatic rings. The van der Waals surface area contributed by atoms with Crippen molar-refractivity contribution in [1.29, 1.82) is 0 Å². The van der Waals surface area contributed by atoms with E-state index in [0.717, 1.165) is 0 Å². The maximum absolute atomic E-state index is 13.3. The lowest BCUT2D eigenvalue weighted by Gasteiger charge is -2.21. The highest BCUT2D eigenvalue weighted by Gasteiger charge is 2.26. The molecule has 0 bridgehead atoms. The summed E-state index contributed by atoms with van der Waals surface area (Å²) in [5.74, 6) is -3.04. The number of carbonyl (C=O) groups is 4. The predicted octanol–water partition coefficient (Wildman–Crippen LogP) is 1.20. The summed E-state index contributed by atoms with van der Waals surface area (Å²) < 4.78 is 13.3. The van der Waals surface area contributed by atoms with Gasteiger partial charge in [-0.15, -0.1) is 0 Å². The Morgan fingerprint density at radius 1 is 1.15 bits per heavy atom. The first-order valence-corrected chi connectivity index (χ1v) is 8.29. The average Bonchev–Trinajstić information content (AvgIpc) is 2.56. The van der Waals surface area contributed by atoms with Crippen molar-refractivity contribution < 1.29 is 28.7 Å². The first-order valence-electron chi connectivity index (χ1n) is 8.29. The van der Waals surface area contributed by atoms with E-state index < -0.39 is 35.7 Å². The zero-order valence-electron chi connectivity index (χ0n) is 14.8. The molecule has 1 aromatic carbocycles. The molecule has 0 radical (unpaired) electrons. The summed E-state index contributed by atoms with van der Waals surface area (Å²) in [6.45, 7) is 2.89. The van der Waals surface area contributed by atoms with Gasteiger partial charge in [-0.25, -0.2) is 9.18 Å². The Morgan fingerprint density at radius 2 is 1.85 bits per heavy atom. The lowest BCUT2D eigenvalue weighted by molar-refractivity contribution is -0.142. The van der Waals surface area contributed by atoms with Gasteiger partial charge in [0.05, 0.1) is 0 Å². The van der Waals surface area contributed by atoms with Gasteiger partial charge < -0.3 is 15.7 Å². The molecule has 0 saturated carbocycles. The number of hydrogen-bond donors (Lipinski definition) is 3. The van der Waals surface area contributed by atoms with Gasteiger partial charge >= 0.3 is 5.97 Å². The number of carboxylic acid groups (broad SMARTS) is 1. The molecule has 3 N–H and O–H groups in total. The highest BCUT2D eigenvalue weighted by Crippen LogP contribution is 2.08. The molecule has 8 heteroatoms. The van der Waals surface area contributed by atoms with Crippen LogP contribution in [0, 0.1) is 5.82 Å². The van der Waals surface area contributed by atoms with Crippen LogP contribution in [0.4, 0.5) is 4.39 Å². The number of nitrogens with one attached hydrogen (secondary N) is 2. The fourth-order valence-corrected chi connectivity index (χ4v) is 2.37. The third-order valence-electron chi connectivity index (χ3n) is 3.74. The summed E-state index contributed by atoms with van der Waals surface area (Å²) in [7, 11) is 0.